The molecule has 2 aromatic carbocycles. The maximum absolute atomic E-state index is 12.2. The van der Waals surface area contributed by atoms with Crippen molar-refractivity contribution in [1.29, 1.82) is 5.26 Å². The summed E-state index contributed by atoms with van der Waals surface area (Å²) >= 11 is 0. The summed E-state index contributed by atoms with van der Waals surface area (Å²) in [7, 11) is 3.17. The molecule has 2 rings (SSSR count). The van der Waals surface area contributed by atoms with Gasteiger partial charge in [0.05, 0.1) is 14.2 Å². The molecule has 2 N–H and O–H groups in total. The van der Waals surface area contributed by atoms with Gasteiger partial charge in [-0.3, -0.25) is 4.79 Å². The zero-order chi connectivity index (χ0) is 21.1. The van der Waals surface area contributed by atoms with Gasteiger partial charge in [-0.05, 0) is 43.0 Å². The van der Waals surface area contributed by atoms with E-state index in [1.165, 1.54) is 17.3 Å². The van der Waals surface area contributed by atoms with Crippen molar-refractivity contribution < 1.29 is 14.3 Å². The summed E-state index contributed by atoms with van der Waals surface area (Å²) in [5.41, 5.74) is 3.48. The van der Waals surface area contributed by atoms with Crippen molar-refractivity contribution in [2.45, 2.75) is 19.8 Å². The number of rotatable bonds is 10. The van der Waals surface area contributed by atoms with Crippen LogP contribution in [0.3, 0.4) is 0 Å². The minimum Gasteiger partial charge on any atom is -0.493 e. The molecule has 29 heavy (non-hydrogen) atoms. The molecule has 0 saturated carbocycles. The van der Waals surface area contributed by atoms with Gasteiger partial charge in [0.15, 0.2) is 11.5 Å². The Balaban J connectivity index is 1.79. The number of amides is 1. The molecule has 0 radical (unpaired) electrons. The number of nitrogens with zero attached hydrogens (tertiary/aromatic N) is 1. The van der Waals surface area contributed by atoms with Crippen molar-refractivity contribution in [2.75, 3.05) is 27.3 Å². The average molecular weight is 393 g/mol. The maximum Gasteiger partial charge on any atom is 0.263 e. The Labute approximate surface area is 172 Å². The van der Waals surface area contributed by atoms with Crippen molar-refractivity contribution in [2.24, 2.45) is 0 Å². The van der Waals surface area contributed by atoms with Crippen LogP contribution in [0.2, 0.25) is 0 Å². The standard InChI is InChI=1S/C23H27N3O3/c1-17-4-6-18(7-5-17)10-12-25-16-20(15-24)23(27)26-13-11-19-8-9-21(28-2)22(14-19)29-3/h4-9,14,16,25H,10-13H2,1-3H3,(H,26,27)/b20-16-. The molecular weight excluding hydrogens is 366 g/mol. The van der Waals surface area contributed by atoms with Crippen LogP contribution in [0.5, 0.6) is 11.5 Å². The Kier molecular flexibility index (Phi) is 8.58. The monoisotopic (exact) mass is 393 g/mol. The van der Waals surface area contributed by atoms with E-state index < -0.39 is 5.91 Å². The number of aryl methyl sites for hydroxylation is 1. The lowest BCUT2D eigenvalue weighted by atomic mass is 10.1. The summed E-state index contributed by atoms with van der Waals surface area (Å²) in [6.45, 7) is 3.11. The zero-order valence-corrected chi connectivity index (χ0v) is 17.1. The van der Waals surface area contributed by atoms with E-state index in [0.717, 1.165) is 12.0 Å². The van der Waals surface area contributed by atoms with Gasteiger partial charge >= 0.3 is 0 Å². The fourth-order valence-electron chi connectivity index (χ4n) is 2.75. The van der Waals surface area contributed by atoms with Crippen LogP contribution < -0.4 is 20.1 Å². The highest BCUT2D eigenvalue weighted by Gasteiger charge is 2.09. The van der Waals surface area contributed by atoms with Crippen LogP contribution in [-0.2, 0) is 17.6 Å². The highest BCUT2D eigenvalue weighted by molar-refractivity contribution is 5.97. The fourth-order valence-corrected chi connectivity index (χ4v) is 2.75. The second kappa shape index (κ2) is 11.4. The van der Waals surface area contributed by atoms with E-state index in [9.17, 15) is 10.1 Å². The van der Waals surface area contributed by atoms with Crippen LogP contribution in [0.4, 0.5) is 0 Å². The molecule has 0 saturated heterocycles. The van der Waals surface area contributed by atoms with Crippen molar-refractivity contribution in [3.8, 4) is 17.6 Å². The Morgan fingerprint density at radius 1 is 1.00 bits per heavy atom. The van der Waals surface area contributed by atoms with E-state index in [4.69, 9.17) is 9.47 Å². The molecule has 0 aromatic heterocycles. The summed E-state index contributed by atoms with van der Waals surface area (Å²) in [5.74, 6) is 0.911. The van der Waals surface area contributed by atoms with Crippen molar-refractivity contribution in [3.63, 3.8) is 0 Å². The first-order chi connectivity index (χ1) is 14.1. The van der Waals surface area contributed by atoms with Crippen LogP contribution in [0.25, 0.3) is 0 Å². The van der Waals surface area contributed by atoms with Crippen LogP contribution in [0.1, 0.15) is 16.7 Å². The highest BCUT2D eigenvalue weighted by Crippen LogP contribution is 2.27. The van der Waals surface area contributed by atoms with E-state index >= 15 is 0 Å². The molecule has 0 unspecified atom stereocenters. The third kappa shape index (κ3) is 6.89. The van der Waals surface area contributed by atoms with Crippen molar-refractivity contribution in [1.82, 2.24) is 10.6 Å². The first-order valence-electron chi connectivity index (χ1n) is 9.45. The number of hydrogen-bond donors (Lipinski definition) is 2. The zero-order valence-electron chi connectivity index (χ0n) is 17.1. The lowest BCUT2D eigenvalue weighted by Crippen LogP contribution is -2.28. The van der Waals surface area contributed by atoms with Gasteiger partial charge in [-0.2, -0.15) is 5.26 Å². The van der Waals surface area contributed by atoms with Gasteiger partial charge in [-0.15, -0.1) is 0 Å². The molecule has 0 heterocycles. The Bertz CT molecular complexity index is 883. The predicted molar refractivity (Wildman–Crippen MR) is 113 cm³/mol. The second-order valence-corrected chi connectivity index (χ2v) is 6.55. The number of benzene rings is 2. The average Bonchev–Trinajstić information content (AvgIpc) is 2.74. The quantitative estimate of drug-likeness (QED) is 0.368. The SMILES string of the molecule is COc1ccc(CCNC(=O)/C(C#N)=C\NCCc2ccc(C)cc2)cc1OC. The first-order valence-corrected chi connectivity index (χ1v) is 9.45. The van der Waals surface area contributed by atoms with E-state index in [1.54, 1.807) is 14.2 Å². The lowest BCUT2D eigenvalue weighted by molar-refractivity contribution is -0.117. The third-order valence-corrected chi connectivity index (χ3v) is 4.44. The first kappa shape index (κ1) is 21.8. The number of nitrogens with one attached hydrogen (secondary N) is 2. The molecule has 6 heteroatoms. The van der Waals surface area contributed by atoms with Crippen molar-refractivity contribution in [3.05, 3.63) is 70.9 Å². The molecule has 1 amide bonds. The highest BCUT2D eigenvalue weighted by atomic mass is 16.5. The second-order valence-electron chi connectivity index (χ2n) is 6.55. The minimum absolute atomic E-state index is 0.0567. The van der Waals surface area contributed by atoms with Crippen molar-refractivity contribution >= 4 is 5.91 Å². The van der Waals surface area contributed by atoms with Crippen LogP contribution in [0.15, 0.2) is 54.2 Å². The summed E-state index contributed by atoms with van der Waals surface area (Å²) in [5, 5.41) is 15.0. The molecule has 0 aliphatic rings. The topological polar surface area (TPSA) is 83.4 Å². The van der Waals surface area contributed by atoms with Crippen LogP contribution in [0, 0.1) is 18.3 Å². The normalized spacial score (nSPS) is 10.8. The number of carbonyl (C=O) groups is 1. The van der Waals surface area contributed by atoms with Gasteiger partial charge in [0.2, 0.25) is 0 Å². The molecule has 0 fully saturated rings. The Morgan fingerprint density at radius 3 is 2.31 bits per heavy atom. The summed E-state index contributed by atoms with van der Waals surface area (Å²) in [6, 6.07) is 15.8. The van der Waals surface area contributed by atoms with Gasteiger partial charge in [0, 0.05) is 19.3 Å². The fraction of sp³-hybridized carbons (Fsp3) is 0.304. The molecule has 6 nitrogen and oxygen atoms in total. The number of nitriles is 1. The number of methoxy groups -OCH3 is 2. The number of ether oxygens (including phenoxy) is 2. The largest absolute Gasteiger partial charge is 0.493 e. The van der Waals surface area contributed by atoms with Gasteiger partial charge in [0.25, 0.3) is 5.91 Å². The minimum atomic E-state index is -0.393. The number of carbonyl (C=O) groups excluding carboxylic acids is 1. The lowest BCUT2D eigenvalue weighted by Gasteiger charge is -2.10. The smallest absolute Gasteiger partial charge is 0.263 e. The third-order valence-electron chi connectivity index (χ3n) is 4.44. The molecule has 0 aliphatic carbocycles. The van der Waals surface area contributed by atoms with Gasteiger partial charge in [-0.25, -0.2) is 0 Å². The van der Waals surface area contributed by atoms with Gasteiger partial charge < -0.3 is 20.1 Å². The number of hydrogen-bond acceptors (Lipinski definition) is 5. The van der Waals surface area contributed by atoms with E-state index in [2.05, 4.69) is 34.9 Å². The molecule has 0 bridgehead atoms. The molecular formula is C23H27N3O3. The Hall–Kier alpha value is -3.46. The summed E-state index contributed by atoms with van der Waals surface area (Å²) < 4.78 is 10.5. The molecule has 2 aromatic rings. The van der Waals surface area contributed by atoms with Crippen LogP contribution in [-0.4, -0.2) is 33.2 Å². The van der Waals surface area contributed by atoms with Crippen LogP contribution >= 0.6 is 0 Å². The molecule has 0 atom stereocenters. The predicted octanol–water partition coefficient (Wildman–Crippen LogP) is 2.91. The van der Waals surface area contributed by atoms with E-state index in [0.29, 0.717) is 31.0 Å². The van der Waals surface area contributed by atoms with Gasteiger partial charge in [-0.1, -0.05) is 35.9 Å². The molecule has 0 spiro atoms. The molecule has 0 aliphatic heterocycles. The van der Waals surface area contributed by atoms with E-state index in [1.807, 2.05) is 31.2 Å². The summed E-state index contributed by atoms with van der Waals surface area (Å²) in [4.78, 5) is 12.2. The van der Waals surface area contributed by atoms with Gasteiger partial charge in [0.1, 0.15) is 11.6 Å². The maximum atomic E-state index is 12.2. The summed E-state index contributed by atoms with van der Waals surface area (Å²) in [6.07, 6.45) is 2.90. The Morgan fingerprint density at radius 2 is 1.66 bits per heavy atom. The van der Waals surface area contributed by atoms with E-state index in [-0.39, 0.29) is 5.57 Å². The molecule has 152 valence electrons.